The maximum atomic E-state index is 3.90. The van der Waals surface area contributed by atoms with Gasteiger partial charge in [0.25, 0.3) is 0 Å². The lowest BCUT2D eigenvalue weighted by Gasteiger charge is -2.01. The molecule has 4 aromatic heterocycles. The fourth-order valence-corrected chi connectivity index (χ4v) is 1.40. The number of aromatic nitrogens is 8. The number of aliphatic imine (C=N–C) groups is 2. The third-order valence-corrected chi connectivity index (χ3v) is 2.65. The zero-order valence-corrected chi connectivity index (χ0v) is 16.9. The third-order valence-electron chi connectivity index (χ3n) is 2.65. The number of rotatable bonds is 0. The van der Waals surface area contributed by atoms with Crippen LogP contribution in [0.2, 0.25) is 0 Å². The maximum absolute atomic E-state index is 3.90. The van der Waals surface area contributed by atoms with Crippen molar-refractivity contribution >= 4 is 12.7 Å². The molecular weight excluding hydrogens is 683 g/mol. The van der Waals surface area contributed by atoms with Gasteiger partial charge in [-0.1, -0.05) is 184 Å². The Labute approximate surface area is 357 Å². The molecule has 0 spiro atoms. The molecule has 1 aliphatic heterocycles. The first-order valence-corrected chi connectivity index (χ1v) is 8.99. The predicted molar refractivity (Wildman–Crippen MR) is 279 cm³/mol. The van der Waals surface area contributed by atoms with Crippen LogP contribution in [-0.4, -0.2) is 58.7 Å². The van der Waals surface area contributed by atoms with E-state index in [4.69, 9.17) is 0 Å². The summed E-state index contributed by atoms with van der Waals surface area (Å²) in [6, 6.07) is 7.49. The molecule has 0 saturated heterocycles. The maximum Gasteiger partial charge on any atom is 0.140 e. The van der Waals surface area contributed by atoms with Crippen LogP contribution >= 0.6 is 0 Å². The number of hydrogen-bond donors (Lipinski definition) is 1. The Morgan fingerprint density at radius 3 is 0.618 bits per heavy atom. The fraction of sp³-hybridized carbons (Fsp3) is 0.591. The Bertz CT molecular complexity index is 645. The van der Waals surface area contributed by atoms with E-state index >= 15 is 0 Å². The summed E-state index contributed by atoms with van der Waals surface area (Å²) in [5, 5.41) is 2.73. The van der Waals surface area contributed by atoms with E-state index in [2.05, 4.69) is 55.2 Å². The predicted octanol–water partition coefficient (Wildman–Crippen LogP) is 17.2. The highest BCUT2D eigenvalue weighted by atomic mass is 15.1. The molecule has 0 fully saturated rings. The number of nitrogens with one attached hydrogen (secondary N) is 1. The van der Waals surface area contributed by atoms with Crippen LogP contribution in [0.3, 0.4) is 0 Å². The molecular formula is C44H119N11. The number of nitrogens with zero attached hydrogens (tertiary/aromatic N) is 10. The molecule has 0 aliphatic carbocycles. The van der Waals surface area contributed by atoms with Crippen LogP contribution in [0, 0.1) is 0 Å². The summed E-state index contributed by atoms with van der Waals surface area (Å²) in [6.45, 7) is 1.92. The average molecular weight is 803 g/mol. The van der Waals surface area contributed by atoms with Gasteiger partial charge in [0.05, 0.1) is 12.7 Å². The van der Waals surface area contributed by atoms with Crippen LogP contribution in [0.15, 0.2) is 109 Å². The number of pyridine rings is 1. The average Bonchev–Trinajstić information content (AvgIpc) is 2.90. The molecule has 55 heavy (non-hydrogen) atoms. The van der Waals surface area contributed by atoms with Crippen LogP contribution in [0.1, 0.15) is 185 Å². The smallest absolute Gasteiger partial charge is 0.140 e. The van der Waals surface area contributed by atoms with Gasteiger partial charge in [-0.05, 0) is 25.1 Å². The van der Waals surface area contributed by atoms with Gasteiger partial charge in [-0.2, -0.15) is 0 Å². The molecule has 1 N–H and O–H groups in total. The highest BCUT2D eigenvalue weighted by Gasteiger charge is 1.91. The fourth-order valence-electron chi connectivity index (χ4n) is 1.40. The minimum Gasteiger partial charge on any atom is -0.338 e. The Morgan fingerprint density at radius 2 is 0.509 bits per heavy atom. The lowest BCUT2D eigenvalue weighted by molar-refractivity contribution is 0.785. The standard InChI is InChI=1S/C5H5N.C4H7N3.2C4H4N2.C3H3N3.24CH4/c1-2-4-6-5-3-1;1-4-6-2-5-3-7-4;1-2-6-4-3-5-1;1-2-5-4-6-3-1;1-4-2-6-3-5-1;;;;;;;;;;;;;;;;;;;;;;;;/h1-5H;2-4H,1H3,(H,5,6,7);2*1-4H;1-3H;24*1H4. The minimum atomic E-state index is 0. The summed E-state index contributed by atoms with van der Waals surface area (Å²) in [6.07, 6.45) is 22.6. The quantitative estimate of drug-likeness (QED) is 0.184. The molecule has 11 heteroatoms. The van der Waals surface area contributed by atoms with Crippen LogP contribution < -0.4 is 5.32 Å². The van der Waals surface area contributed by atoms with Gasteiger partial charge in [-0.25, -0.2) is 34.9 Å². The molecule has 0 atom stereocenters. The van der Waals surface area contributed by atoms with Gasteiger partial charge in [0.1, 0.15) is 31.5 Å². The summed E-state index contributed by atoms with van der Waals surface area (Å²) in [5.74, 6) is 0. The van der Waals surface area contributed by atoms with Crippen molar-refractivity contribution in [1.82, 2.24) is 45.2 Å². The van der Waals surface area contributed by atoms with Crippen LogP contribution in [0.4, 0.5) is 0 Å². The highest BCUT2D eigenvalue weighted by Crippen LogP contribution is 1.88. The van der Waals surface area contributed by atoms with Gasteiger partial charge in [-0.3, -0.25) is 15.0 Å². The monoisotopic (exact) mass is 802 g/mol. The van der Waals surface area contributed by atoms with E-state index in [9.17, 15) is 0 Å². The second-order valence-corrected chi connectivity index (χ2v) is 4.97. The molecule has 0 unspecified atom stereocenters. The third kappa shape index (κ3) is 148. The van der Waals surface area contributed by atoms with E-state index in [0.717, 1.165) is 0 Å². The molecule has 4 aromatic rings. The van der Waals surface area contributed by atoms with Crippen LogP contribution in [0.25, 0.3) is 0 Å². The van der Waals surface area contributed by atoms with Gasteiger partial charge in [0.15, 0.2) is 0 Å². The Morgan fingerprint density at radius 1 is 0.273 bits per heavy atom. The van der Waals surface area contributed by atoms with Crippen molar-refractivity contribution in [1.29, 1.82) is 0 Å². The van der Waals surface area contributed by atoms with Crippen molar-refractivity contribution in [2.24, 2.45) is 9.98 Å². The summed E-state index contributed by atoms with van der Waals surface area (Å²) in [5.41, 5.74) is 0. The van der Waals surface area contributed by atoms with Gasteiger partial charge >= 0.3 is 0 Å². The molecule has 5 rings (SSSR count). The SMILES string of the molecule is C.C.C.C.C.C.C.C.C.C.C.C.C.C.C.C.C.C.C.C.C.C.C.C.CC1N=CNC=N1.c1ccncc1.c1cnccn1.c1cncnc1.c1ncncn1. The molecule has 350 valence electrons. The molecule has 0 bridgehead atoms. The molecule has 1 aliphatic rings. The van der Waals surface area contributed by atoms with Gasteiger partial charge < -0.3 is 5.32 Å². The molecule has 11 nitrogen and oxygen atoms in total. The van der Waals surface area contributed by atoms with E-state index in [1.165, 1.54) is 25.3 Å². The second-order valence-electron chi connectivity index (χ2n) is 4.97. The molecule has 5 heterocycles. The van der Waals surface area contributed by atoms with Crippen molar-refractivity contribution in [3.05, 3.63) is 99.1 Å². The molecule has 0 amide bonds. The van der Waals surface area contributed by atoms with Crippen molar-refractivity contribution in [2.45, 2.75) is 191 Å². The Balaban J connectivity index is -0.00000000896. The summed E-state index contributed by atoms with van der Waals surface area (Å²) in [4.78, 5) is 37.1. The topological polar surface area (TPSA) is 140 Å². The first kappa shape index (κ1) is 176. The van der Waals surface area contributed by atoms with E-state index in [0.29, 0.717) is 0 Å². The summed E-state index contributed by atoms with van der Waals surface area (Å²) in [7, 11) is 0. The lowest BCUT2D eigenvalue weighted by atomic mass is 10.5. The van der Waals surface area contributed by atoms with Crippen molar-refractivity contribution in [2.75, 3.05) is 0 Å². The molecule has 0 aromatic carbocycles. The zero-order chi connectivity index (χ0) is 22.1. The van der Waals surface area contributed by atoms with Crippen molar-refractivity contribution < 1.29 is 0 Å². The summed E-state index contributed by atoms with van der Waals surface area (Å²) < 4.78 is 0. The second kappa shape index (κ2) is 154. The number of hydrogen-bond acceptors (Lipinski definition) is 11. The first-order chi connectivity index (χ1) is 15.4. The summed E-state index contributed by atoms with van der Waals surface area (Å²) >= 11 is 0. The van der Waals surface area contributed by atoms with Crippen molar-refractivity contribution in [3.8, 4) is 0 Å². The Kier molecular flexibility index (Phi) is 494. The van der Waals surface area contributed by atoms with E-state index in [1.54, 1.807) is 68.3 Å². The Hall–Kier alpha value is -4.54. The van der Waals surface area contributed by atoms with Gasteiger partial charge in [0, 0.05) is 49.6 Å². The zero-order valence-electron chi connectivity index (χ0n) is 16.9. The molecule has 0 radical (unpaired) electrons. The van der Waals surface area contributed by atoms with Crippen molar-refractivity contribution in [3.63, 3.8) is 0 Å². The first-order valence-electron chi connectivity index (χ1n) is 8.99. The highest BCUT2D eigenvalue weighted by molar-refractivity contribution is 5.76. The van der Waals surface area contributed by atoms with Crippen LogP contribution in [-0.2, 0) is 0 Å². The van der Waals surface area contributed by atoms with Gasteiger partial charge in [0.2, 0.25) is 0 Å². The van der Waals surface area contributed by atoms with E-state index in [1.807, 2.05) is 25.1 Å². The van der Waals surface area contributed by atoms with E-state index < -0.39 is 0 Å². The normalized spacial score (nSPS) is 5.98. The molecule has 0 saturated carbocycles. The largest absolute Gasteiger partial charge is 0.338 e. The van der Waals surface area contributed by atoms with Crippen LogP contribution in [0.5, 0.6) is 0 Å². The lowest BCUT2D eigenvalue weighted by Crippen LogP contribution is -2.15. The van der Waals surface area contributed by atoms with E-state index in [-0.39, 0.29) is 184 Å². The minimum absolute atomic E-state index is 0. The van der Waals surface area contributed by atoms with Gasteiger partial charge in [-0.15, -0.1) is 0 Å².